The van der Waals surface area contributed by atoms with Crippen molar-refractivity contribution in [2.24, 2.45) is 0 Å². The summed E-state index contributed by atoms with van der Waals surface area (Å²) in [6.07, 6.45) is 3.50. The Labute approximate surface area is 111 Å². The number of methoxy groups -OCH3 is 1. The van der Waals surface area contributed by atoms with Gasteiger partial charge in [-0.3, -0.25) is 0 Å². The van der Waals surface area contributed by atoms with Gasteiger partial charge in [-0.05, 0) is 25.1 Å². The SMILES string of the molecule is CCNc1ncc(-c2ccc(OC)cc2Cl)cn1. The number of aromatic nitrogens is 2. The highest BCUT2D eigenvalue weighted by molar-refractivity contribution is 6.33. The molecule has 0 spiro atoms. The maximum absolute atomic E-state index is 6.19. The lowest BCUT2D eigenvalue weighted by Crippen LogP contribution is -2.01. The number of benzene rings is 1. The zero-order chi connectivity index (χ0) is 13.0. The van der Waals surface area contributed by atoms with Crippen LogP contribution in [0.5, 0.6) is 5.75 Å². The van der Waals surface area contributed by atoms with Crippen molar-refractivity contribution in [2.45, 2.75) is 6.92 Å². The molecule has 1 aromatic heterocycles. The molecule has 1 heterocycles. The lowest BCUT2D eigenvalue weighted by molar-refractivity contribution is 0.415. The van der Waals surface area contributed by atoms with Crippen molar-refractivity contribution in [1.82, 2.24) is 9.97 Å². The third-order valence-corrected chi connectivity index (χ3v) is 2.79. The standard InChI is InChI=1S/C13H14ClN3O/c1-3-15-13-16-7-9(8-17-13)11-5-4-10(18-2)6-12(11)14/h4-8H,3H2,1-2H3,(H,15,16,17). The average molecular weight is 264 g/mol. The summed E-state index contributed by atoms with van der Waals surface area (Å²) in [5.74, 6) is 1.35. The Morgan fingerprint density at radius 2 is 2.00 bits per heavy atom. The number of hydrogen-bond donors (Lipinski definition) is 1. The maximum Gasteiger partial charge on any atom is 0.222 e. The second-order valence-electron chi connectivity index (χ2n) is 3.67. The fourth-order valence-electron chi connectivity index (χ4n) is 1.57. The number of ether oxygens (including phenoxy) is 1. The van der Waals surface area contributed by atoms with E-state index in [1.165, 1.54) is 0 Å². The van der Waals surface area contributed by atoms with E-state index in [0.29, 0.717) is 11.0 Å². The van der Waals surface area contributed by atoms with Crippen molar-refractivity contribution in [3.05, 3.63) is 35.6 Å². The Morgan fingerprint density at radius 1 is 1.28 bits per heavy atom. The van der Waals surface area contributed by atoms with E-state index in [2.05, 4.69) is 15.3 Å². The molecule has 94 valence electrons. The Balaban J connectivity index is 2.30. The zero-order valence-electron chi connectivity index (χ0n) is 10.3. The van der Waals surface area contributed by atoms with Crippen molar-refractivity contribution in [1.29, 1.82) is 0 Å². The van der Waals surface area contributed by atoms with Crippen LogP contribution in [0.2, 0.25) is 5.02 Å². The maximum atomic E-state index is 6.19. The minimum atomic E-state index is 0.617. The van der Waals surface area contributed by atoms with Crippen molar-refractivity contribution < 1.29 is 4.74 Å². The highest BCUT2D eigenvalue weighted by atomic mass is 35.5. The largest absolute Gasteiger partial charge is 0.497 e. The topological polar surface area (TPSA) is 47.0 Å². The zero-order valence-corrected chi connectivity index (χ0v) is 11.0. The first-order valence-corrected chi connectivity index (χ1v) is 6.02. The first-order chi connectivity index (χ1) is 8.74. The van der Waals surface area contributed by atoms with Gasteiger partial charge in [-0.2, -0.15) is 0 Å². The van der Waals surface area contributed by atoms with Gasteiger partial charge in [0.05, 0.1) is 12.1 Å². The van der Waals surface area contributed by atoms with Gasteiger partial charge in [0, 0.05) is 30.1 Å². The van der Waals surface area contributed by atoms with Crippen LogP contribution in [-0.4, -0.2) is 23.6 Å². The van der Waals surface area contributed by atoms with Gasteiger partial charge in [0.2, 0.25) is 5.95 Å². The van der Waals surface area contributed by atoms with Crippen LogP contribution in [0.4, 0.5) is 5.95 Å². The molecule has 2 aromatic rings. The fraction of sp³-hybridized carbons (Fsp3) is 0.231. The van der Waals surface area contributed by atoms with Crippen molar-refractivity contribution in [2.75, 3.05) is 19.0 Å². The molecule has 0 aliphatic rings. The molecule has 0 atom stereocenters. The summed E-state index contributed by atoms with van der Waals surface area (Å²) in [6, 6.07) is 5.53. The van der Waals surface area contributed by atoms with Crippen molar-refractivity contribution in [3.8, 4) is 16.9 Å². The van der Waals surface area contributed by atoms with E-state index in [4.69, 9.17) is 16.3 Å². The van der Waals surface area contributed by atoms with E-state index >= 15 is 0 Å². The van der Waals surface area contributed by atoms with Crippen LogP contribution >= 0.6 is 11.6 Å². The molecule has 0 amide bonds. The third kappa shape index (κ3) is 2.71. The predicted molar refractivity (Wildman–Crippen MR) is 73.2 cm³/mol. The van der Waals surface area contributed by atoms with Crippen LogP contribution < -0.4 is 10.1 Å². The lowest BCUT2D eigenvalue weighted by atomic mass is 10.1. The second kappa shape index (κ2) is 5.69. The van der Waals surface area contributed by atoms with Crippen molar-refractivity contribution in [3.63, 3.8) is 0 Å². The summed E-state index contributed by atoms with van der Waals surface area (Å²) >= 11 is 6.19. The minimum absolute atomic E-state index is 0.617. The van der Waals surface area contributed by atoms with Crippen LogP contribution in [0, 0.1) is 0 Å². The van der Waals surface area contributed by atoms with Gasteiger partial charge in [0.1, 0.15) is 5.75 Å². The van der Waals surface area contributed by atoms with Gasteiger partial charge in [0.25, 0.3) is 0 Å². The first-order valence-electron chi connectivity index (χ1n) is 5.64. The molecule has 0 bridgehead atoms. The molecular formula is C13H14ClN3O. The van der Waals surface area contributed by atoms with E-state index in [0.717, 1.165) is 23.4 Å². The van der Waals surface area contributed by atoms with Gasteiger partial charge in [-0.25, -0.2) is 9.97 Å². The predicted octanol–water partition coefficient (Wildman–Crippen LogP) is 3.24. The van der Waals surface area contributed by atoms with Crippen LogP contribution in [0.25, 0.3) is 11.1 Å². The first kappa shape index (κ1) is 12.6. The Bertz CT molecular complexity index is 528. The van der Waals surface area contributed by atoms with Gasteiger partial charge >= 0.3 is 0 Å². The number of hydrogen-bond acceptors (Lipinski definition) is 4. The number of rotatable bonds is 4. The second-order valence-corrected chi connectivity index (χ2v) is 4.08. The molecular weight excluding hydrogens is 250 g/mol. The Hall–Kier alpha value is -1.81. The number of halogens is 1. The van der Waals surface area contributed by atoms with E-state index in [1.807, 2.05) is 19.1 Å². The molecule has 1 N–H and O–H groups in total. The molecule has 4 nitrogen and oxygen atoms in total. The van der Waals surface area contributed by atoms with Crippen LogP contribution in [0.15, 0.2) is 30.6 Å². The van der Waals surface area contributed by atoms with E-state index in [9.17, 15) is 0 Å². The molecule has 0 saturated heterocycles. The van der Waals surface area contributed by atoms with Crippen LogP contribution in [0.1, 0.15) is 6.92 Å². The molecule has 0 fully saturated rings. The molecule has 0 aliphatic heterocycles. The highest BCUT2D eigenvalue weighted by Crippen LogP contribution is 2.30. The molecule has 18 heavy (non-hydrogen) atoms. The summed E-state index contributed by atoms with van der Waals surface area (Å²) in [7, 11) is 1.61. The van der Waals surface area contributed by atoms with Crippen LogP contribution in [-0.2, 0) is 0 Å². The minimum Gasteiger partial charge on any atom is -0.497 e. The van der Waals surface area contributed by atoms with Gasteiger partial charge in [0.15, 0.2) is 0 Å². The summed E-state index contributed by atoms with van der Waals surface area (Å²) in [5.41, 5.74) is 1.77. The fourth-order valence-corrected chi connectivity index (χ4v) is 1.85. The smallest absolute Gasteiger partial charge is 0.222 e. The van der Waals surface area contributed by atoms with Gasteiger partial charge in [-0.15, -0.1) is 0 Å². The molecule has 1 aromatic carbocycles. The molecule has 5 heteroatoms. The van der Waals surface area contributed by atoms with Gasteiger partial charge in [-0.1, -0.05) is 11.6 Å². The van der Waals surface area contributed by atoms with Crippen molar-refractivity contribution >= 4 is 17.5 Å². The number of anilines is 1. The Morgan fingerprint density at radius 3 is 2.56 bits per heavy atom. The molecule has 0 radical (unpaired) electrons. The van der Waals surface area contributed by atoms with E-state index < -0.39 is 0 Å². The Kier molecular flexibility index (Phi) is 3.99. The van der Waals surface area contributed by atoms with Gasteiger partial charge < -0.3 is 10.1 Å². The average Bonchev–Trinajstić information content (AvgIpc) is 2.40. The van der Waals surface area contributed by atoms with E-state index in [-0.39, 0.29) is 0 Å². The summed E-state index contributed by atoms with van der Waals surface area (Å²) in [6.45, 7) is 2.79. The lowest BCUT2D eigenvalue weighted by Gasteiger charge is -2.07. The number of nitrogens with one attached hydrogen (secondary N) is 1. The molecule has 0 aliphatic carbocycles. The monoisotopic (exact) mass is 263 g/mol. The molecule has 2 rings (SSSR count). The normalized spacial score (nSPS) is 10.2. The molecule has 0 unspecified atom stereocenters. The third-order valence-electron chi connectivity index (χ3n) is 2.47. The summed E-state index contributed by atoms with van der Waals surface area (Å²) < 4.78 is 5.11. The highest BCUT2D eigenvalue weighted by Gasteiger charge is 2.06. The quantitative estimate of drug-likeness (QED) is 0.920. The molecule has 0 saturated carbocycles. The van der Waals surface area contributed by atoms with Crippen LogP contribution in [0.3, 0.4) is 0 Å². The number of nitrogens with zero attached hydrogens (tertiary/aromatic N) is 2. The van der Waals surface area contributed by atoms with E-state index in [1.54, 1.807) is 25.6 Å². The summed E-state index contributed by atoms with van der Waals surface area (Å²) in [5, 5.41) is 3.66. The summed E-state index contributed by atoms with van der Waals surface area (Å²) in [4.78, 5) is 8.43.